The zero-order valence-corrected chi connectivity index (χ0v) is 16.6. The van der Waals surface area contributed by atoms with E-state index in [4.69, 9.17) is 9.26 Å². The maximum absolute atomic E-state index is 13.3. The standard InChI is InChI=1S/C21H21FN4O4/c1-3-16-23-15(24-30-16)10-25(2)19(27)17-14-8-9-21(29-14)11-26(20(28)18(17)21)13-6-4-12(22)5-7-13/h4-9,14,17-18H,3,10-11H2,1-2H3/t14-,17-,18+,21-/m0/s1. The molecule has 1 spiro atoms. The predicted molar refractivity (Wildman–Crippen MR) is 103 cm³/mol. The second kappa shape index (κ2) is 6.73. The number of anilines is 1. The topological polar surface area (TPSA) is 88.8 Å². The highest BCUT2D eigenvalue weighted by molar-refractivity contribution is 6.03. The average Bonchev–Trinajstić information content (AvgIpc) is 3.49. The Hall–Kier alpha value is -3.07. The molecule has 0 N–H and O–H groups in total. The Kier molecular flexibility index (Phi) is 4.25. The summed E-state index contributed by atoms with van der Waals surface area (Å²) in [4.78, 5) is 33.9. The lowest BCUT2D eigenvalue weighted by atomic mass is 9.76. The Labute approximate surface area is 172 Å². The van der Waals surface area contributed by atoms with Gasteiger partial charge in [0.2, 0.25) is 17.7 Å². The molecule has 5 rings (SSSR count). The van der Waals surface area contributed by atoms with Gasteiger partial charge in [-0.25, -0.2) is 4.39 Å². The number of fused-ring (bicyclic) bond motifs is 1. The number of aromatic nitrogens is 2. The summed E-state index contributed by atoms with van der Waals surface area (Å²) in [5.74, 6) is -1.08. The molecule has 2 amide bonds. The van der Waals surface area contributed by atoms with Crippen molar-refractivity contribution in [1.29, 1.82) is 0 Å². The zero-order chi connectivity index (χ0) is 21.0. The van der Waals surface area contributed by atoms with E-state index < -0.39 is 23.5 Å². The van der Waals surface area contributed by atoms with Crippen molar-refractivity contribution >= 4 is 17.5 Å². The number of benzene rings is 1. The van der Waals surface area contributed by atoms with Crippen LogP contribution >= 0.6 is 0 Å². The zero-order valence-electron chi connectivity index (χ0n) is 16.6. The number of hydrogen-bond acceptors (Lipinski definition) is 6. The molecule has 2 fully saturated rings. The molecule has 0 saturated carbocycles. The fraction of sp³-hybridized carbons (Fsp3) is 0.429. The molecule has 2 bridgehead atoms. The number of carbonyl (C=O) groups is 2. The number of ether oxygens (including phenoxy) is 1. The monoisotopic (exact) mass is 412 g/mol. The van der Waals surface area contributed by atoms with Crippen LogP contribution in [-0.2, 0) is 27.3 Å². The summed E-state index contributed by atoms with van der Waals surface area (Å²) in [5, 5.41) is 3.89. The van der Waals surface area contributed by atoms with Gasteiger partial charge in [-0.1, -0.05) is 24.2 Å². The molecule has 9 heteroatoms. The van der Waals surface area contributed by atoms with Crippen molar-refractivity contribution in [2.45, 2.75) is 31.6 Å². The van der Waals surface area contributed by atoms with Gasteiger partial charge in [0.15, 0.2) is 5.82 Å². The van der Waals surface area contributed by atoms with Gasteiger partial charge in [-0.2, -0.15) is 4.98 Å². The minimum atomic E-state index is -0.835. The van der Waals surface area contributed by atoms with Crippen molar-refractivity contribution in [3.05, 3.63) is 53.9 Å². The number of amides is 2. The molecule has 4 heterocycles. The normalized spacial score (nSPS) is 29.0. The Balaban J connectivity index is 1.39. The van der Waals surface area contributed by atoms with Crippen LogP contribution in [0.3, 0.4) is 0 Å². The summed E-state index contributed by atoms with van der Waals surface area (Å²) >= 11 is 0. The van der Waals surface area contributed by atoms with Gasteiger partial charge in [0, 0.05) is 19.2 Å². The molecule has 0 aliphatic carbocycles. The van der Waals surface area contributed by atoms with E-state index in [1.165, 1.54) is 17.0 Å². The molecular weight excluding hydrogens is 391 g/mol. The van der Waals surface area contributed by atoms with Crippen LogP contribution in [0.2, 0.25) is 0 Å². The van der Waals surface area contributed by atoms with Crippen LogP contribution in [-0.4, -0.2) is 52.2 Å². The minimum absolute atomic E-state index is 0.185. The molecule has 2 saturated heterocycles. The molecule has 8 nitrogen and oxygen atoms in total. The van der Waals surface area contributed by atoms with Crippen molar-refractivity contribution in [3.63, 3.8) is 0 Å². The summed E-state index contributed by atoms with van der Waals surface area (Å²) in [6.45, 7) is 2.39. The van der Waals surface area contributed by atoms with Crippen LogP contribution in [0, 0.1) is 17.7 Å². The molecule has 0 unspecified atom stereocenters. The van der Waals surface area contributed by atoms with Gasteiger partial charge in [-0.05, 0) is 24.3 Å². The minimum Gasteiger partial charge on any atom is -0.360 e. The first-order valence-corrected chi connectivity index (χ1v) is 9.92. The van der Waals surface area contributed by atoms with Crippen LogP contribution in [0.1, 0.15) is 18.6 Å². The van der Waals surface area contributed by atoms with Crippen molar-refractivity contribution in [1.82, 2.24) is 15.0 Å². The molecule has 1 aromatic carbocycles. The maximum Gasteiger partial charge on any atom is 0.234 e. The Morgan fingerprint density at radius 3 is 2.83 bits per heavy atom. The molecule has 3 aliphatic heterocycles. The van der Waals surface area contributed by atoms with Crippen molar-refractivity contribution in [3.8, 4) is 0 Å². The molecule has 1 aromatic heterocycles. The lowest BCUT2D eigenvalue weighted by Crippen LogP contribution is -2.44. The second-order valence-electron chi connectivity index (χ2n) is 7.95. The fourth-order valence-electron chi connectivity index (χ4n) is 4.66. The van der Waals surface area contributed by atoms with E-state index in [1.54, 1.807) is 24.1 Å². The van der Waals surface area contributed by atoms with Crippen LogP contribution in [0.25, 0.3) is 0 Å². The number of hydrogen-bond donors (Lipinski definition) is 0. The Bertz CT molecular complexity index is 1040. The van der Waals surface area contributed by atoms with Crippen LogP contribution in [0.4, 0.5) is 10.1 Å². The molecule has 30 heavy (non-hydrogen) atoms. The Morgan fingerprint density at radius 1 is 1.37 bits per heavy atom. The molecule has 156 valence electrons. The highest BCUT2D eigenvalue weighted by Crippen LogP contribution is 2.53. The SMILES string of the molecule is CCc1nc(CN(C)C(=O)[C@H]2[C@@H]3C=C[C@@]4(CN(c5ccc(F)cc5)C(=O)[C@@H]24)O3)no1. The second-order valence-corrected chi connectivity index (χ2v) is 7.95. The van der Waals surface area contributed by atoms with Gasteiger partial charge in [0.05, 0.1) is 31.0 Å². The number of rotatable bonds is 5. The third kappa shape index (κ3) is 2.76. The van der Waals surface area contributed by atoms with Crippen molar-refractivity contribution in [2.75, 3.05) is 18.5 Å². The largest absolute Gasteiger partial charge is 0.360 e. The highest BCUT2D eigenvalue weighted by Gasteiger charge is 2.67. The van der Waals surface area contributed by atoms with Gasteiger partial charge in [-0.3, -0.25) is 9.59 Å². The quantitative estimate of drug-likeness (QED) is 0.695. The van der Waals surface area contributed by atoms with Gasteiger partial charge in [0.1, 0.15) is 11.4 Å². The van der Waals surface area contributed by atoms with Gasteiger partial charge >= 0.3 is 0 Å². The van der Waals surface area contributed by atoms with E-state index in [0.717, 1.165) is 0 Å². The van der Waals surface area contributed by atoms with E-state index in [0.29, 0.717) is 30.4 Å². The summed E-state index contributed by atoms with van der Waals surface area (Å²) in [7, 11) is 1.66. The lowest BCUT2D eigenvalue weighted by molar-refractivity contribution is -0.139. The average molecular weight is 412 g/mol. The Morgan fingerprint density at radius 2 is 2.13 bits per heavy atom. The first-order valence-electron chi connectivity index (χ1n) is 9.92. The molecule has 0 radical (unpaired) electrons. The summed E-state index contributed by atoms with van der Waals surface area (Å²) in [6, 6.07) is 5.75. The third-order valence-corrected chi connectivity index (χ3v) is 6.09. The van der Waals surface area contributed by atoms with E-state index in [2.05, 4.69) is 10.1 Å². The lowest BCUT2D eigenvalue weighted by Gasteiger charge is -2.27. The molecule has 2 aromatic rings. The maximum atomic E-state index is 13.3. The fourth-order valence-corrected chi connectivity index (χ4v) is 4.66. The van der Waals surface area contributed by atoms with Crippen LogP contribution in [0.5, 0.6) is 0 Å². The van der Waals surface area contributed by atoms with Gasteiger partial charge in [0.25, 0.3) is 0 Å². The van der Waals surface area contributed by atoms with E-state index in [-0.39, 0.29) is 24.2 Å². The number of aryl methyl sites for hydroxylation is 1. The molecular formula is C21H21FN4O4. The first-order chi connectivity index (χ1) is 14.4. The third-order valence-electron chi connectivity index (χ3n) is 6.09. The van der Waals surface area contributed by atoms with Crippen LogP contribution < -0.4 is 4.90 Å². The molecule has 3 aliphatic rings. The van der Waals surface area contributed by atoms with E-state index in [9.17, 15) is 14.0 Å². The predicted octanol–water partition coefficient (Wildman–Crippen LogP) is 1.72. The summed E-state index contributed by atoms with van der Waals surface area (Å²) < 4.78 is 24.5. The van der Waals surface area contributed by atoms with Crippen LogP contribution in [0.15, 0.2) is 40.9 Å². The van der Waals surface area contributed by atoms with Gasteiger partial charge in [-0.15, -0.1) is 0 Å². The number of carbonyl (C=O) groups excluding carboxylic acids is 2. The molecule has 4 atom stereocenters. The number of halogens is 1. The van der Waals surface area contributed by atoms with E-state index in [1.807, 2.05) is 19.1 Å². The summed E-state index contributed by atoms with van der Waals surface area (Å²) in [6.07, 6.45) is 3.92. The van der Waals surface area contributed by atoms with Crippen molar-refractivity contribution in [2.24, 2.45) is 11.8 Å². The number of nitrogens with zero attached hydrogens (tertiary/aromatic N) is 4. The van der Waals surface area contributed by atoms with E-state index >= 15 is 0 Å². The summed E-state index contributed by atoms with van der Waals surface area (Å²) in [5.41, 5.74) is -0.247. The highest BCUT2D eigenvalue weighted by atomic mass is 19.1. The van der Waals surface area contributed by atoms with Gasteiger partial charge < -0.3 is 19.1 Å². The first kappa shape index (κ1) is 18.9. The smallest absolute Gasteiger partial charge is 0.234 e. The van der Waals surface area contributed by atoms with Crippen molar-refractivity contribution < 1.29 is 23.2 Å².